The maximum Gasteiger partial charge on any atom is 0.00966 e. The molecule has 0 amide bonds. The molecule has 0 radical (unpaired) electrons. The fourth-order valence-corrected chi connectivity index (χ4v) is 2.52. The molecule has 1 aliphatic carbocycles. The Labute approximate surface area is 106 Å². The molecule has 1 aliphatic rings. The van der Waals surface area contributed by atoms with Crippen LogP contribution in [0.15, 0.2) is 18.2 Å². The van der Waals surface area contributed by atoms with Crippen molar-refractivity contribution in [2.45, 2.75) is 58.4 Å². The zero-order chi connectivity index (χ0) is 12.3. The predicted octanol–water partition coefficient (Wildman–Crippen LogP) is 3.50. The molecule has 17 heavy (non-hydrogen) atoms. The van der Waals surface area contributed by atoms with Crippen molar-refractivity contribution in [2.24, 2.45) is 0 Å². The lowest BCUT2D eigenvalue weighted by Crippen LogP contribution is -2.37. The molecule has 1 heteroatoms. The first-order valence-electron chi connectivity index (χ1n) is 6.90. The van der Waals surface area contributed by atoms with Crippen LogP contribution in [0.5, 0.6) is 0 Å². The molecule has 0 heterocycles. The summed E-state index contributed by atoms with van der Waals surface area (Å²) in [6.07, 6.45) is 6.46. The summed E-state index contributed by atoms with van der Waals surface area (Å²) >= 11 is 0. The van der Waals surface area contributed by atoms with Gasteiger partial charge in [0.05, 0.1) is 0 Å². The van der Waals surface area contributed by atoms with Crippen LogP contribution < -0.4 is 5.32 Å². The van der Waals surface area contributed by atoms with E-state index >= 15 is 0 Å². The van der Waals surface area contributed by atoms with Crippen LogP contribution in [0.4, 0.5) is 0 Å². The summed E-state index contributed by atoms with van der Waals surface area (Å²) in [6, 6.07) is 7.09. The Hall–Kier alpha value is -0.820. The Morgan fingerprint density at radius 3 is 2.47 bits per heavy atom. The van der Waals surface area contributed by atoms with E-state index in [1.807, 2.05) is 0 Å². The van der Waals surface area contributed by atoms with Crippen molar-refractivity contribution >= 4 is 0 Å². The van der Waals surface area contributed by atoms with Crippen molar-refractivity contribution in [1.29, 1.82) is 0 Å². The van der Waals surface area contributed by atoms with Gasteiger partial charge in [-0.2, -0.15) is 0 Å². The quantitative estimate of drug-likeness (QED) is 0.839. The number of nitrogens with one attached hydrogen (secondary N) is 1. The van der Waals surface area contributed by atoms with Gasteiger partial charge in [0, 0.05) is 5.54 Å². The molecule has 0 fully saturated rings. The van der Waals surface area contributed by atoms with Gasteiger partial charge < -0.3 is 5.32 Å². The molecular formula is C16H25N. The second-order valence-electron chi connectivity index (χ2n) is 6.24. The molecule has 0 bridgehead atoms. The second kappa shape index (κ2) is 5.22. The minimum Gasteiger partial charge on any atom is -0.312 e. The second-order valence-corrected chi connectivity index (χ2v) is 6.24. The number of hydrogen-bond acceptors (Lipinski definition) is 1. The third-order valence-corrected chi connectivity index (χ3v) is 3.48. The smallest absolute Gasteiger partial charge is 0.00966 e. The Morgan fingerprint density at radius 1 is 1.06 bits per heavy atom. The highest BCUT2D eigenvalue weighted by molar-refractivity contribution is 5.33. The lowest BCUT2D eigenvalue weighted by molar-refractivity contribution is 0.429. The van der Waals surface area contributed by atoms with E-state index in [-0.39, 0.29) is 5.54 Å². The van der Waals surface area contributed by atoms with Crippen LogP contribution >= 0.6 is 0 Å². The molecular weight excluding hydrogens is 206 g/mol. The van der Waals surface area contributed by atoms with Crippen LogP contribution in [0.3, 0.4) is 0 Å². The van der Waals surface area contributed by atoms with Gasteiger partial charge >= 0.3 is 0 Å². The highest BCUT2D eigenvalue weighted by atomic mass is 14.9. The van der Waals surface area contributed by atoms with Gasteiger partial charge in [-0.1, -0.05) is 18.2 Å². The maximum atomic E-state index is 3.55. The average Bonchev–Trinajstić information content (AvgIpc) is 2.27. The zero-order valence-corrected chi connectivity index (χ0v) is 11.5. The predicted molar refractivity (Wildman–Crippen MR) is 74.5 cm³/mol. The Balaban J connectivity index is 1.93. The highest BCUT2D eigenvalue weighted by Gasteiger charge is 2.10. The normalized spacial score (nSPS) is 15.7. The van der Waals surface area contributed by atoms with E-state index in [4.69, 9.17) is 0 Å². The zero-order valence-electron chi connectivity index (χ0n) is 11.5. The molecule has 0 saturated heterocycles. The van der Waals surface area contributed by atoms with Crippen molar-refractivity contribution in [3.63, 3.8) is 0 Å². The van der Waals surface area contributed by atoms with Gasteiger partial charge in [-0.15, -0.1) is 0 Å². The van der Waals surface area contributed by atoms with E-state index in [1.54, 1.807) is 11.1 Å². The Morgan fingerprint density at radius 2 is 1.76 bits per heavy atom. The van der Waals surface area contributed by atoms with Crippen molar-refractivity contribution < 1.29 is 0 Å². The number of aryl methyl sites for hydroxylation is 2. The van der Waals surface area contributed by atoms with Crippen LogP contribution in [0.1, 0.15) is 50.3 Å². The van der Waals surface area contributed by atoms with Crippen LogP contribution in [0, 0.1) is 0 Å². The number of hydrogen-bond donors (Lipinski definition) is 1. The van der Waals surface area contributed by atoms with E-state index in [0.717, 1.165) is 13.0 Å². The van der Waals surface area contributed by atoms with Crippen LogP contribution in [0.25, 0.3) is 0 Å². The van der Waals surface area contributed by atoms with E-state index in [2.05, 4.69) is 44.3 Å². The SMILES string of the molecule is CC(C)(C)NCCc1ccc2c(c1)CCCC2. The molecule has 2 rings (SSSR count). The van der Waals surface area contributed by atoms with Crippen LogP contribution in [-0.2, 0) is 19.3 Å². The van der Waals surface area contributed by atoms with Crippen LogP contribution in [-0.4, -0.2) is 12.1 Å². The minimum absolute atomic E-state index is 0.230. The molecule has 0 spiro atoms. The van der Waals surface area contributed by atoms with Crippen molar-refractivity contribution in [3.8, 4) is 0 Å². The van der Waals surface area contributed by atoms with Crippen molar-refractivity contribution in [3.05, 3.63) is 34.9 Å². The van der Waals surface area contributed by atoms with E-state index in [1.165, 1.54) is 31.2 Å². The summed E-state index contributed by atoms with van der Waals surface area (Å²) in [4.78, 5) is 0. The summed E-state index contributed by atoms with van der Waals surface area (Å²) in [6.45, 7) is 7.74. The lowest BCUT2D eigenvalue weighted by Gasteiger charge is -2.21. The van der Waals surface area contributed by atoms with Gasteiger partial charge in [-0.05, 0) is 76.1 Å². The summed E-state index contributed by atoms with van der Waals surface area (Å²) < 4.78 is 0. The third kappa shape index (κ3) is 3.85. The Bertz CT molecular complexity index is 374. The monoisotopic (exact) mass is 231 g/mol. The van der Waals surface area contributed by atoms with Crippen LogP contribution in [0.2, 0.25) is 0 Å². The number of fused-ring (bicyclic) bond motifs is 1. The van der Waals surface area contributed by atoms with E-state index < -0.39 is 0 Å². The largest absolute Gasteiger partial charge is 0.312 e. The molecule has 1 aromatic rings. The molecule has 0 unspecified atom stereocenters. The maximum absolute atomic E-state index is 3.55. The van der Waals surface area contributed by atoms with E-state index in [9.17, 15) is 0 Å². The van der Waals surface area contributed by atoms with Gasteiger partial charge in [0.25, 0.3) is 0 Å². The molecule has 0 atom stereocenters. The summed E-state index contributed by atoms with van der Waals surface area (Å²) in [5, 5.41) is 3.55. The first kappa shape index (κ1) is 12.6. The fraction of sp³-hybridized carbons (Fsp3) is 0.625. The standard InChI is InChI=1S/C16H25N/c1-16(2,3)17-11-10-13-8-9-14-6-4-5-7-15(14)12-13/h8-9,12,17H,4-7,10-11H2,1-3H3. The number of benzene rings is 1. The van der Waals surface area contributed by atoms with Gasteiger partial charge in [0.15, 0.2) is 0 Å². The van der Waals surface area contributed by atoms with Gasteiger partial charge in [-0.3, -0.25) is 0 Å². The summed E-state index contributed by atoms with van der Waals surface area (Å²) in [5.74, 6) is 0. The fourth-order valence-electron chi connectivity index (χ4n) is 2.52. The first-order valence-corrected chi connectivity index (χ1v) is 6.90. The molecule has 1 N–H and O–H groups in total. The molecule has 1 aromatic carbocycles. The van der Waals surface area contributed by atoms with Crippen molar-refractivity contribution in [1.82, 2.24) is 5.32 Å². The van der Waals surface area contributed by atoms with Crippen molar-refractivity contribution in [2.75, 3.05) is 6.54 Å². The molecule has 94 valence electrons. The van der Waals surface area contributed by atoms with E-state index in [0.29, 0.717) is 0 Å². The molecule has 0 saturated carbocycles. The first-order chi connectivity index (χ1) is 8.04. The summed E-state index contributed by atoms with van der Waals surface area (Å²) in [7, 11) is 0. The third-order valence-electron chi connectivity index (χ3n) is 3.48. The molecule has 0 aliphatic heterocycles. The topological polar surface area (TPSA) is 12.0 Å². The number of rotatable bonds is 3. The lowest BCUT2D eigenvalue weighted by atomic mass is 9.90. The van der Waals surface area contributed by atoms with Gasteiger partial charge in [-0.25, -0.2) is 0 Å². The molecule has 0 aromatic heterocycles. The summed E-state index contributed by atoms with van der Waals surface area (Å²) in [5.41, 5.74) is 4.91. The molecule has 1 nitrogen and oxygen atoms in total. The highest BCUT2D eigenvalue weighted by Crippen LogP contribution is 2.22. The van der Waals surface area contributed by atoms with Gasteiger partial charge in [0.2, 0.25) is 0 Å². The van der Waals surface area contributed by atoms with Gasteiger partial charge in [0.1, 0.15) is 0 Å². The Kier molecular flexibility index (Phi) is 3.88. The average molecular weight is 231 g/mol. The minimum atomic E-state index is 0.230.